The molecule has 0 spiro atoms. The zero-order valence-electron chi connectivity index (χ0n) is 15.7. The highest BCUT2D eigenvalue weighted by atomic mass is 35.5. The van der Waals surface area contributed by atoms with Crippen LogP contribution in [0, 0.1) is 12.3 Å². The van der Waals surface area contributed by atoms with Crippen LogP contribution in [0.4, 0.5) is 0 Å². The molecule has 138 valence electrons. The topological polar surface area (TPSA) is 23.5 Å². The van der Waals surface area contributed by atoms with E-state index in [2.05, 4.69) is 74.5 Å². The number of aryl methyl sites for hydroxylation is 1. The first-order chi connectivity index (χ1) is 12.3. The Hall–Kier alpha value is -1.26. The molecule has 0 fully saturated rings. The van der Waals surface area contributed by atoms with Gasteiger partial charge in [-0.05, 0) is 59.2 Å². The van der Waals surface area contributed by atoms with Crippen LogP contribution in [0.3, 0.4) is 0 Å². The van der Waals surface area contributed by atoms with Gasteiger partial charge in [0.25, 0.3) is 0 Å². The van der Waals surface area contributed by atoms with E-state index in [1.807, 2.05) is 12.1 Å². The molecule has 2 nitrogen and oxygen atoms in total. The van der Waals surface area contributed by atoms with Crippen LogP contribution in [-0.4, -0.2) is 22.1 Å². The summed E-state index contributed by atoms with van der Waals surface area (Å²) in [6.45, 7) is 8.95. The normalized spacial score (nSPS) is 21.1. The summed E-state index contributed by atoms with van der Waals surface area (Å²) in [6.07, 6.45) is 2.24. The van der Waals surface area contributed by atoms with Crippen molar-refractivity contribution in [3.05, 3.63) is 76.3 Å². The Bertz CT molecular complexity index is 795. The fourth-order valence-electron chi connectivity index (χ4n) is 3.35. The maximum atomic E-state index is 10.0. The lowest BCUT2D eigenvalue weighted by Crippen LogP contribution is -2.37. The van der Waals surface area contributed by atoms with Crippen molar-refractivity contribution >= 4 is 23.5 Å². The summed E-state index contributed by atoms with van der Waals surface area (Å²) >= 11 is 7.87. The molecule has 4 heteroatoms. The first-order valence-corrected chi connectivity index (χ1v) is 10.0. The summed E-state index contributed by atoms with van der Waals surface area (Å²) in [5.74, 6) is 0. The van der Waals surface area contributed by atoms with Crippen molar-refractivity contribution in [3.63, 3.8) is 0 Å². The van der Waals surface area contributed by atoms with Crippen molar-refractivity contribution in [1.29, 1.82) is 0 Å². The van der Waals surface area contributed by atoms with Crippen molar-refractivity contribution in [1.82, 2.24) is 4.31 Å². The lowest BCUT2D eigenvalue weighted by Gasteiger charge is -2.37. The summed E-state index contributed by atoms with van der Waals surface area (Å²) < 4.78 is 2.43. The molecule has 2 aromatic rings. The van der Waals surface area contributed by atoms with Gasteiger partial charge in [-0.15, -0.1) is 0 Å². The second-order valence-electron chi connectivity index (χ2n) is 7.88. The van der Waals surface area contributed by atoms with E-state index in [-0.39, 0.29) is 24.1 Å². The smallest absolute Gasteiger partial charge is 0.0694 e. The molecule has 0 amide bonds. The largest absolute Gasteiger partial charge is 0.392 e. The summed E-state index contributed by atoms with van der Waals surface area (Å²) in [6, 6.07) is 16.7. The second kappa shape index (κ2) is 7.77. The van der Waals surface area contributed by atoms with Crippen LogP contribution in [-0.2, 0) is 0 Å². The lowest BCUT2D eigenvalue weighted by atomic mass is 9.87. The Morgan fingerprint density at radius 1 is 1.08 bits per heavy atom. The first kappa shape index (κ1) is 19.5. The molecule has 0 saturated carbocycles. The highest BCUT2D eigenvalue weighted by Crippen LogP contribution is 2.48. The van der Waals surface area contributed by atoms with E-state index in [4.69, 9.17) is 11.6 Å². The van der Waals surface area contributed by atoms with Crippen LogP contribution >= 0.6 is 23.5 Å². The zero-order valence-corrected chi connectivity index (χ0v) is 17.3. The minimum absolute atomic E-state index is 0.0334. The number of aliphatic hydroxyl groups excluding tert-OH is 1. The van der Waals surface area contributed by atoms with E-state index < -0.39 is 0 Å². The molecule has 26 heavy (non-hydrogen) atoms. The van der Waals surface area contributed by atoms with Crippen LogP contribution in [0.25, 0.3) is 0 Å². The average Bonchev–Trinajstić information content (AvgIpc) is 2.96. The van der Waals surface area contributed by atoms with E-state index in [0.717, 1.165) is 16.2 Å². The molecule has 3 rings (SSSR count). The Labute approximate surface area is 166 Å². The molecule has 0 aromatic heterocycles. The number of halogens is 1. The Morgan fingerprint density at radius 2 is 1.73 bits per heavy atom. The van der Waals surface area contributed by atoms with Crippen molar-refractivity contribution in [2.24, 2.45) is 5.41 Å². The average molecular weight is 388 g/mol. The Balaban J connectivity index is 2.04. The van der Waals surface area contributed by atoms with Crippen LogP contribution in [0.1, 0.15) is 37.9 Å². The molecule has 2 aromatic carbocycles. The van der Waals surface area contributed by atoms with E-state index >= 15 is 0 Å². The number of hydrogen-bond donors (Lipinski definition) is 1. The molecule has 0 radical (unpaired) electrons. The van der Waals surface area contributed by atoms with Gasteiger partial charge in [0.05, 0.1) is 12.6 Å². The quantitative estimate of drug-likeness (QED) is 0.510. The van der Waals surface area contributed by atoms with Crippen LogP contribution in [0.5, 0.6) is 0 Å². The summed E-state index contributed by atoms with van der Waals surface area (Å²) in [7, 11) is 0. The molecule has 1 aliphatic rings. The molecule has 1 aliphatic heterocycles. The highest BCUT2D eigenvalue weighted by molar-refractivity contribution is 7.97. The fourth-order valence-corrected chi connectivity index (χ4v) is 4.91. The van der Waals surface area contributed by atoms with E-state index in [1.54, 1.807) is 11.9 Å². The van der Waals surface area contributed by atoms with Gasteiger partial charge in [-0.2, -0.15) is 0 Å². The summed E-state index contributed by atoms with van der Waals surface area (Å²) in [5, 5.41) is 10.8. The molecule has 0 bridgehead atoms. The number of nitrogens with zero attached hydrogens (tertiary/aromatic N) is 1. The van der Waals surface area contributed by atoms with Gasteiger partial charge in [0.2, 0.25) is 0 Å². The SMILES string of the molecule is Cc1ccccc1SN1C(c2ccc(Cl)cc2)C(CO)=CC1C(C)(C)C. The molecule has 1 heterocycles. The van der Waals surface area contributed by atoms with Gasteiger partial charge in [-0.3, -0.25) is 0 Å². The predicted octanol–water partition coefficient (Wildman–Crippen LogP) is 6.05. The Morgan fingerprint density at radius 3 is 2.31 bits per heavy atom. The van der Waals surface area contributed by atoms with Gasteiger partial charge in [0.1, 0.15) is 0 Å². The highest BCUT2D eigenvalue weighted by Gasteiger charge is 2.41. The summed E-state index contributed by atoms with van der Waals surface area (Å²) in [4.78, 5) is 1.24. The van der Waals surface area contributed by atoms with E-state index in [9.17, 15) is 5.11 Å². The number of benzene rings is 2. The number of hydrogen-bond acceptors (Lipinski definition) is 3. The van der Waals surface area contributed by atoms with E-state index in [0.29, 0.717) is 0 Å². The van der Waals surface area contributed by atoms with Gasteiger partial charge in [0, 0.05) is 16.0 Å². The van der Waals surface area contributed by atoms with Crippen LogP contribution < -0.4 is 0 Å². The maximum absolute atomic E-state index is 10.0. The van der Waals surface area contributed by atoms with Crippen LogP contribution in [0.2, 0.25) is 5.02 Å². The molecule has 0 aliphatic carbocycles. The molecular formula is C22H26ClNOS. The molecule has 2 unspecified atom stereocenters. The van der Waals surface area contributed by atoms with Crippen molar-refractivity contribution in [2.75, 3.05) is 6.61 Å². The van der Waals surface area contributed by atoms with Gasteiger partial charge in [-0.1, -0.05) is 68.8 Å². The lowest BCUT2D eigenvalue weighted by molar-refractivity contribution is 0.221. The molecule has 1 N–H and O–H groups in total. The third-order valence-electron chi connectivity index (χ3n) is 4.80. The van der Waals surface area contributed by atoms with Gasteiger partial charge >= 0.3 is 0 Å². The van der Waals surface area contributed by atoms with Crippen molar-refractivity contribution < 1.29 is 5.11 Å². The monoisotopic (exact) mass is 387 g/mol. The molecule has 0 saturated heterocycles. The zero-order chi connectivity index (χ0) is 18.9. The minimum atomic E-state index is 0.0334. The molecular weight excluding hydrogens is 362 g/mol. The van der Waals surface area contributed by atoms with Crippen LogP contribution in [0.15, 0.2) is 65.1 Å². The number of aliphatic hydroxyl groups is 1. The van der Waals surface area contributed by atoms with Gasteiger partial charge < -0.3 is 5.11 Å². The molecule has 2 atom stereocenters. The van der Waals surface area contributed by atoms with Gasteiger partial charge in [0.15, 0.2) is 0 Å². The number of rotatable bonds is 4. The van der Waals surface area contributed by atoms with Gasteiger partial charge in [-0.25, -0.2) is 4.31 Å². The Kier molecular flexibility index (Phi) is 5.83. The minimum Gasteiger partial charge on any atom is -0.392 e. The third-order valence-corrected chi connectivity index (χ3v) is 6.36. The van der Waals surface area contributed by atoms with Crippen molar-refractivity contribution in [3.8, 4) is 0 Å². The fraction of sp³-hybridized carbons (Fsp3) is 0.364. The second-order valence-corrected chi connectivity index (χ2v) is 9.36. The summed E-state index contributed by atoms with van der Waals surface area (Å²) in [5.41, 5.74) is 3.52. The van der Waals surface area contributed by atoms with Crippen molar-refractivity contribution in [2.45, 2.75) is 44.7 Å². The standard InChI is InChI=1S/C22H26ClNOS/c1-15-7-5-6-8-19(15)26-24-20(22(2,3)4)13-17(14-25)21(24)16-9-11-18(23)12-10-16/h5-13,20-21,25H,14H2,1-4H3. The maximum Gasteiger partial charge on any atom is 0.0694 e. The predicted molar refractivity (Wildman–Crippen MR) is 111 cm³/mol. The van der Waals surface area contributed by atoms with E-state index in [1.165, 1.54) is 10.5 Å². The third kappa shape index (κ3) is 4.01. The first-order valence-electron chi connectivity index (χ1n) is 8.90.